The van der Waals surface area contributed by atoms with Crippen LogP contribution in [0.4, 0.5) is 13.2 Å². The molecule has 0 bridgehead atoms. The van der Waals surface area contributed by atoms with E-state index in [9.17, 15) is 18.3 Å². The second-order valence-corrected chi connectivity index (χ2v) is 3.88. The van der Waals surface area contributed by atoms with Gasteiger partial charge in [0, 0.05) is 0 Å². The van der Waals surface area contributed by atoms with Crippen molar-refractivity contribution < 1.29 is 18.3 Å². The summed E-state index contributed by atoms with van der Waals surface area (Å²) in [7, 11) is 0. The van der Waals surface area contributed by atoms with Crippen molar-refractivity contribution in [2.45, 2.75) is 31.5 Å². The molecular formula is C11H11F3O. The van der Waals surface area contributed by atoms with Gasteiger partial charge in [0.2, 0.25) is 0 Å². The Labute approximate surface area is 85.5 Å². The predicted octanol–water partition coefficient (Wildman–Crippen LogP) is 2.56. The molecule has 4 heteroatoms. The molecule has 1 unspecified atom stereocenters. The standard InChI is InChI=1S/C11H11F3O/c12-11(13,14)9-3-1-8-6-10(15)4-2-7(8)5-9/h1,3,5,10,15H,2,4,6H2. The number of aryl methyl sites for hydroxylation is 1. The van der Waals surface area contributed by atoms with Crippen LogP contribution in [0.15, 0.2) is 18.2 Å². The summed E-state index contributed by atoms with van der Waals surface area (Å²) < 4.78 is 37.2. The van der Waals surface area contributed by atoms with Gasteiger partial charge < -0.3 is 5.11 Å². The zero-order valence-electron chi connectivity index (χ0n) is 8.01. The molecular weight excluding hydrogens is 205 g/mol. The van der Waals surface area contributed by atoms with Crippen molar-refractivity contribution >= 4 is 0 Å². The fraction of sp³-hybridized carbons (Fsp3) is 0.455. The molecule has 0 aliphatic heterocycles. The fourth-order valence-corrected chi connectivity index (χ4v) is 1.91. The Morgan fingerprint density at radius 2 is 1.93 bits per heavy atom. The molecule has 2 rings (SSSR count). The van der Waals surface area contributed by atoms with E-state index < -0.39 is 17.8 Å². The first-order chi connectivity index (χ1) is 6.97. The molecule has 0 aromatic heterocycles. The smallest absolute Gasteiger partial charge is 0.393 e. The van der Waals surface area contributed by atoms with Crippen molar-refractivity contribution in [2.75, 3.05) is 0 Å². The van der Waals surface area contributed by atoms with Gasteiger partial charge in [0.25, 0.3) is 0 Å². The largest absolute Gasteiger partial charge is 0.416 e. The molecule has 0 heterocycles. The van der Waals surface area contributed by atoms with Gasteiger partial charge in [0.15, 0.2) is 0 Å². The molecule has 1 aliphatic carbocycles. The molecule has 0 fully saturated rings. The maximum Gasteiger partial charge on any atom is 0.416 e. The Hall–Kier alpha value is -1.03. The van der Waals surface area contributed by atoms with Crippen LogP contribution in [0.25, 0.3) is 0 Å². The second-order valence-electron chi connectivity index (χ2n) is 3.88. The van der Waals surface area contributed by atoms with Gasteiger partial charge in [-0.05, 0) is 42.5 Å². The second kappa shape index (κ2) is 3.52. The van der Waals surface area contributed by atoms with Crippen LogP contribution in [0.1, 0.15) is 23.1 Å². The lowest BCUT2D eigenvalue weighted by atomic mass is 9.88. The van der Waals surface area contributed by atoms with Crippen molar-refractivity contribution in [1.82, 2.24) is 0 Å². The number of hydrogen-bond acceptors (Lipinski definition) is 1. The average Bonchev–Trinajstić information content (AvgIpc) is 2.15. The molecule has 1 atom stereocenters. The van der Waals surface area contributed by atoms with E-state index in [0.29, 0.717) is 19.3 Å². The summed E-state index contributed by atoms with van der Waals surface area (Å²) >= 11 is 0. The monoisotopic (exact) mass is 216 g/mol. The van der Waals surface area contributed by atoms with Crippen LogP contribution < -0.4 is 0 Å². The van der Waals surface area contributed by atoms with Gasteiger partial charge in [-0.25, -0.2) is 0 Å². The first-order valence-corrected chi connectivity index (χ1v) is 4.84. The van der Waals surface area contributed by atoms with Gasteiger partial charge in [-0.3, -0.25) is 0 Å². The molecule has 0 saturated heterocycles. The zero-order chi connectivity index (χ0) is 11.1. The molecule has 1 aromatic rings. The highest BCUT2D eigenvalue weighted by molar-refractivity contribution is 5.35. The van der Waals surface area contributed by atoms with Crippen LogP contribution >= 0.6 is 0 Å². The summed E-state index contributed by atoms with van der Waals surface area (Å²) in [5.74, 6) is 0. The number of fused-ring (bicyclic) bond motifs is 1. The molecule has 1 aliphatic rings. The third-order valence-corrected chi connectivity index (χ3v) is 2.74. The number of aliphatic hydroxyl groups excluding tert-OH is 1. The molecule has 82 valence electrons. The first kappa shape index (κ1) is 10.5. The maximum absolute atomic E-state index is 12.4. The average molecular weight is 216 g/mol. The van der Waals surface area contributed by atoms with Crippen LogP contribution in [0.2, 0.25) is 0 Å². The first-order valence-electron chi connectivity index (χ1n) is 4.84. The lowest BCUT2D eigenvalue weighted by molar-refractivity contribution is -0.137. The lowest BCUT2D eigenvalue weighted by Crippen LogP contribution is -2.19. The maximum atomic E-state index is 12.4. The summed E-state index contributed by atoms with van der Waals surface area (Å²) in [5, 5.41) is 9.36. The normalized spacial score (nSPS) is 21.2. The summed E-state index contributed by atoms with van der Waals surface area (Å²) in [4.78, 5) is 0. The Bertz CT molecular complexity index is 371. The van der Waals surface area contributed by atoms with E-state index in [1.807, 2.05) is 0 Å². The minimum Gasteiger partial charge on any atom is -0.393 e. The minimum atomic E-state index is -4.27. The molecule has 0 radical (unpaired) electrons. The third kappa shape index (κ3) is 2.15. The topological polar surface area (TPSA) is 20.2 Å². The number of halogens is 3. The van der Waals surface area contributed by atoms with E-state index in [1.165, 1.54) is 12.1 Å². The van der Waals surface area contributed by atoms with Gasteiger partial charge in [0.05, 0.1) is 11.7 Å². The van der Waals surface area contributed by atoms with Crippen LogP contribution in [-0.2, 0) is 19.0 Å². The lowest BCUT2D eigenvalue weighted by Gasteiger charge is -2.21. The number of benzene rings is 1. The van der Waals surface area contributed by atoms with Crippen LogP contribution in [0, 0.1) is 0 Å². The summed E-state index contributed by atoms with van der Waals surface area (Å²) in [6.45, 7) is 0. The zero-order valence-corrected chi connectivity index (χ0v) is 8.01. The molecule has 15 heavy (non-hydrogen) atoms. The Balaban J connectivity index is 2.35. The summed E-state index contributed by atoms with van der Waals surface area (Å²) in [6.07, 6.45) is -3.14. The molecule has 0 spiro atoms. The van der Waals surface area contributed by atoms with Gasteiger partial charge in [-0.15, -0.1) is 0 Å². The molecule has 0 saturated carbocycles. The van der Waals surface area contributed by atoms with Crippen molar-refractivity contribution in [3.8, 4) is 0 Å². The van der Waals surface area contributed by atoms with Crippen molar-refractivity contribution in [1.29, 1.82) is 0 Å². The van der Waals surface area contributed by atoms with Crippen molar-refractivity contribution in [2.24, 2.45) is 0 Å². The van der Waals surface area contributed by atoms with E-state index in [0.717, 1.165) is 17.2 Å². The predicted molar refractivity (Wildman–Crippen MR) is 49.5 cm³/mol. The third-order valence-electron chi connectivity index (χ3n) is 2.74. The highest BCUT2D eigenvalue weighted by Crippen LogP contribution is 2.32. The van der Waals surface area contributed by atoms with Gasteiger partial charge in [-0.2, -0.15) is 13.2 Å². The summed E-state index contributed by atoms with van der Waals surface area (Å²) in [6, 6.07) is 3.75. The minimum absolute atomic E-state index is 0.408. The van der Waals surface area contributed by atoms with Crippen LogP contribution in [-0.4, -0.2) is 11.2 Å². The van der Waals surface area contributed by atoms with Gasteiger partial charge >= 0.3 is 6.18 Å². The van der Waals surface area contributed by atoms with Crippen molar-refractivity contribution in [3.63, 3.8) is 0 Å². The van der Waals surface area contributed by atoms with Crippen LogP contribution in [0.3, 0.4) is 0 Å². The molecule has 1 aromatic carbocycles. The quantitative estimate of drug-likeness (QED) is 0.706. The van der Waals surface area contributed by atoms with E-state index >= 15 is 0 Å². The summed E-state index contributed by atoms with van der Waals surface area (Å²) in [5.41, 5.74) is 0.953. The molecule has 1 nitrogen and oxygen atoms in total. The van der Waals surface area contributed by atoms with E-state index in [1.54, 1.807) is 0 Å². The fourth-order valence-electron chi connectivity index (χ4n) is 1.91. The molecule has 0 amide bonds. The highest BCUT2D eigenvalue weighted by Gasteiger charge is 2.31. The number of hydrogen-bond donors (Lipinski definition) is 1. The van der Waals surface area contributed by atoms with E-state index in [-0.39, 0.29) is 0 Å². The van der Waals surface area contributed by atoms with Gasteiger partial charge in [0.1, 0.15) is 0 Å². The van der Waals surface area contributed by atoms with Gasteiger partial charge in [-0.1, -0.05) is 6.07 Å². The van der Waals surface area contributed by atoms with E-state index in [4.69, 9.17) is 0 Å². The number of rotatable bonds is 0. The Morgan fingerprint density at radius 3 is 2.60 bits per heavy atom. The SMILES string of the molecule is OC1CCc2cc(C(F)(F)F)ccc2C1. The molecule has 1 N–H and O–H groups in total. The number of aliphatic hydroxyl groups is 1. The van der Waals surface area contributed by atoms with Crippen LogP contribution in [0.5, 0.6) is 0 Å². The van der Waals surface area contributed by atoms with E-state index in [2.05, 4.69) is 0 Å². The highest BCUT2D eigenvalue weighted by atomic mass is 19.4. The van der Waals surface area contributed by atoms with Crippen molar-refractivity contribution in [3.05, 3.63) is 34.9 Å². The Morgan fingerprint density at radius 1 is 1.20 bits per heavy atom. The number of alkyl halides is 3. The Kier molecular flexibility index (Phi) is 2.46.